The van der Waals surface area contributed by atoms with Gasteiger partial charge in [0.05, 0.1) is 0 Å². The van der Waals surface area contributed by atoms with E-state index in [0.717, 1.165) is 0 Å². The molecule has 0 aliphatic rings. The summed E-state index contributed by atoms with van der Waals surface area (Å²) in [7, 11) is 0.0139. The minimum atomic E-state index is 0. The third-order valence-corrected chi connectivity index (χ3v) is 0.439. The second-order valence-corrected chi connectivity index (χ2v) is 1.46. The van der Waals surface area contributed by atoms with Gasteiger partial charge in [-0.1, -0.05) is 0 Å². The maximum absolute atomic E-state index is 9.14. The highest BCUT2D eigenvalue weighted by Gasteiger charge is 1.58. The Bertz CT molecular complexity index is 27.5. The molecule has 6 heavy (non-hydrogen) atoms. The number of rotatable bonds is 1. The Morgan fingerprint density at radius 3 is 1.67 bits per heavy atom. The molecule has 0 aromatic heterocycles. The standard InChI is InChI=1S/CH2ClOP.2H3N/c2-1-4-3;;/h1H2;2*1H3. The predicted molar refractivity (Wildman–Crippen MR) is 28.4 cm³/mol. The fourth-order valence-corrected chi connectivity index (χ4v) is 0. The second kappa shape index (κ2) is 18.5. The van der Waals surface area contributed by atoms with Crippen LogP contribution in [-0.4, -0.2) is 5.62 Å². The molecule has 0 atom stereocenters. The third-order valence-electron chi connectivity index (χ3n) is 0.0488. The first-order valence-corrected chi connectivity index (χ1v) is 2.30. The van der Waals surface area contributed by atoms with Crippen molar-refractivity contribution in [1.29, 1.82) is 0 Å². The van der Waals surface area contributed by atoms with Crippen LogP contribution in [0.3, 0.4) is 0 Å². The molecular formula is CH8ClN2OP. The molecule has 0 heterocycles. The van der Waals surface area contributed by atoms with Gasteiger partial charge in [-0.05, 0) is 0 Å². The van der Waals surface area contributed by atoms with Crippen molar-refractivity contribution in [3.05, 3.63) is 0 Å². The summed E-state index contributed by atoms with van der Waals surface area (Å²) in [6.45, 7) is 0. The van der Waals surface area contributed by atoms with Gasteiger partial charge in [-0.3, -0.25) is 4.57 Å². The van der Waals surface area contributed by atoms with Crippen LogP contribution in [-0.2, 0) is 4.57 Å². The third kappa shape index (κ3) is 27.5. The lowest BCUT2D eigenvalue weighted by atomic mass is 11.9. The maximum Gasteiger partial charge on any atom is 0.171 e. The Morgan fingerprint density at radius 2 is 1.67 bits per heavy atom. The lowest BCUT2D eigenvalue weighted by molar-refractivity contribution is 0.601. The fraction of sp³-hybridized carbons (Fsp3) is 1.00. The van der Waals surface area contributed by atoms with E-state index in [4.69, 9.17) is 16.2 Å². The van der Waals surface area contributed by atoms with Crippen molar-refractivity contribution >= 4 is 20.1 Å². The zero-order valence-corrected chi connectivity index (χ0v) is 5.01. The molecule has 0 bridgehead atoms. The van der Waals surface area contributed by atoms with Crippen LogP contribution in [0.5, 0.6) is 0 Å². The van der Waals surface area contributed by atoms with Gasteiger partial charge >= 0.3 is 0 Å². The van der Waals surface area contributed by atoms with E-state index < -0.39 is 0 Å². The van der Waals surface area contributed by atoms with Crippen molar-refractivity contribution in [3.8, 4) is 0 Å². The minimum Gasteiger partial charge on any atom is -0.344 e. The predicted octanol–water partition coefficient (Wildman–Crippen LogP) is 1.80. The molecule has 0 spiro atoms. The van der Waals surface area contributed by atoms with Gasteiger partial charge in [-0.15, -0.1) is 11.6 Å². The molecule has 0 aromatic carbocycles. The molecule has 3 nitrogen and oxygen atoms in total. The highest BCUT2D eigenvalue weighted by Crippen LogP contribution is 1.90. The molecule has 0 aliphatic carbocycles. The van der Waals surface area contributed by atoms with E-state index in [0.29, 0.717) is 0 Å². The van der Waals surface area contributed by atoms with E-state index in [-0.39, 0.29) is 26.4 Å². The quantitative estimate of drug-likeness (QED) is 0.419. The first-order chi connectivity index (χ1) is 1.91. The Balaban J connectivity index is -0.0000000450. The summed E-state index contributed by atoms with van der Waals surface area (Å²) in [4.78, 5) is 0. The molecule has 0 aromatic rings. The summed E-state index contributed by atoms with van der Waals surface area (Å²) in [6.07, 6.45) is 0. The van der Waals surface area contributed by atoms with Crippen molar-refractivity contribution in [2.24, 2.45) is 0 Å². The van der Waals surface area contributed by atoms with Crippen LogP contribution >= 0.6 is 20.1 Å². The van der Waals surface area contributed by atoms with Crippen molar-refractivity contribution in [3.63, 3.8) is 0 Å². The smallest absolute Gasteiger partial charge is 0.171 e. The number of hydrogen-bond donors (Lipinski definition) is 2. The van der Waals surface area contributed by atoms with Crippen molar-refractivity contribution in [2.75, 3.05) is 5.62 Å². The van der Waals surface area contributed by atoms with Crippen LogP contribution in [0.15, 0.2) is 0 Å². The minimum absolute atomic E-state index is 0. The highest BCUT2D eigenvalue weighted by atomic mass is 35.5. The summed E-state index contributed by atoms with van der Waals surface area (Å²) in [5.74, 6) is 0. The number of halogens is 1. The lowest BCUT2D eigenvalue weighted by Crippen LogP contribution is -1.29. The van der Waals surface area contributed by atoms with E-state index in [1.165, 1.54) is 0 Å². The van der Waals surface area contributed by atoms with Crippen LogP contribution in [0.25, 0.3) is 0 Å². The van der Waals surface area contributed by atoms with Gasteiger partial charge in [0.2, 0.25) is 0 Å². The average molecular weight is 131 g/mol. The van der Waals surface area contributed by atoms with E-state index in [1.807, 2.05) is 0 Å². The van der Waals surface area contributed by atoms with E-state index in [9.17, 15) is 0 Å². The Hall–Kier alpha value is 0.310. The van der Waals surface area contributed by atoms with E-state index in [2.05, 4.69) is 0 Å². The van der Waals surface area contributed by atoms with E-state index in [1.54, 1.807) is 0 Å². The molecule has 0 rings (SSSR count). The molecule has 0 unspecified atom stereocenters. The van der Waals surface area contributed by atoms with Gasteiger partial charge in [-0.25, -0.2) is 0 Å². The van der Waals surface area contributed by atoms with Gasteiger partial charge in [0.15, 0.2) is 8.46 Å². The summed E-state index contributed by atoms with van der Waals surface area (Å²) in [6, 6.07) is 0. The molecule has 0 fully saturated rings. The molecule has 6 N–H and O–H groups in total. The fourth-order valence-electron chi connectivity index (χ4n) is 0. The first kappa shape index (κ1) is 16.2. The van der Waals surface area contributed by atoms with Crippen LogP contribution in [0.2, 0.25) is 0 Å². The van der Waals surface area contributed by atoms with Gasteiger partial charge in [-0.2, -0.15) is 0 Å². The van der Waals surface area contributed by atoms with Gasteiger partial charge < -0.3 is 12.3 Å². The Kier molecular flexibility index (Phi) is 50.0. The normalized spacial score (nSPS) is 5.50. The zero-order chi connectivity index (χ0) is 3.41. The average Bonchev–Trinajstić information content (AvgIpc) is 1.37. The molecule has 0 aliphatic heterocycles. The topological polar surface area (TPSA) is 87.1 Å². The molecule has 0 amide bonds. The summed E-state index contributed by atoms with van der Waals surface area (Å²) in [5, 5.41) is 0. The van der Waals surface area contributed by atoms with Crippen LogP contribution in [0, 0.1) is 0 Å². The van der Waals surface area contributed by atoms with Crippen LogP contribution in [0.1, 0.15) is 0 Å². The van der Waals surface area contributed by atoms with Crippen molar-refractivity contribution in [2.45, 2.75) is 0 Å². The summed E-state index contributed by atoms with van der Waals surface area (Å²) in [5.41, 5.74) is 0.208. The SMILES string of the molecule is N.N.O=PCCl. The van der Waals surface area contributed by atoms with E-state index >= 15 is 0 Å². The van der Waals surface area contributed by atoms with Gasteiger partial charge in [0.25, 0.3) is 0 Å². The molecule has 0 saturated heterocycles. The highest BCUT2D eigenvalue weighted by molar-refractivity contribution is 7.26. The first-order valence-electron chi connectivity index (χ1n) is 0.766. The maximum atomic E-state index is 9.14. The lowest BCUT2D eigenvalue weighted by Gasteiger charge is -1.46. The number of alkyl halides is 1. The molecular weight excluding hydrogens is 122 g/mol. The summed E-state index contributed by atoms with van der Waals surface area (Å²) < 4.78 is 9.14. The van der Waals surface area contributed by atoms with Crippen molar-refractivity contribution < 1.29 is 4.57 Å². The largest absolute Gasteiger partial charge is 0.344 e. The van der Waals surface area contributed by atoms with Crippen molar-refractivity contribution in [1.82, 2.24) is 12.3 Å². The molecule has 0 saturated carbocycles. The van der Waals surface area contributed by atoms with Crippen LogP contribution in [0.4, 0.5) is 0 Å². The molecule has 0 radical (unpaired) electrons. The molecule has 40 valence electrons. The Morgan fingerprint density at radius 1 is 1.50 bits per heavy atom. The van der Waals surface area contributed by atoms with Gasteiger partial charge in [0, 0.05) is 0 Å². The zero-order valence-electron chi connectivity index (χ0n) is 3.35. The monoisotopic (exact) mass is 130 g/mol. The molecule has 5 heteroatoms. The summed E-state index contributed by atoms with van der Waals surface area (Å²) >= 11 is 4.86. The second-order valence-electron chi connectivity index (χ2n) is 0.249. The Labute approximate surface area is 43.4 Å². The van der Waals surface area contributed by atoms with Crippen LogP contribution < -0.4 is 12.3 Å². The van der Waals surface area contributed by atoms with Gasteiger partial charge in [0.1, 0.15) is 5.62 Å². The number of hydrogen-bond acceptors (Lipinski definition) is 3.